The van der Waals surface area contributed by atoms with E-state index in [9.17, 15) is 14.3 Å². The highest BCUT2D eigenvalue weighted by Gasteiger charge is 2.49. The van der Waals surface area contributed by atoms with E-state index in [1.807, 2.05) is 11.8 Å². The monoisotopic (exact) mass is 569 g/mol. The number of rotatable bonds is 9. The van der Waals surface area contributed by atoms with Crippen LogP contribution in [0.2, 0.25) is 5.02 Å². The third-order valence-corrected chi connectivity index (χ3v) is 9.25. The van der Waals surface area contributed by atoms with Crippen LogP contribution in [0.15, 0.2) is 34.5 Å². The zero-order chi connectivity index (χ0) is 27.7. The molecule has 2 aliphatic carbocycles. The number of carbonyl (C=O) groups excluding carboxylic acids is 1. The molecule has 3 fully saturated rings. The minimum absolute atomic E-state index is 0.145. The van der Waals surface area contributed by atoms with Gasteiger partial charge in [0.1, 0.15) is 11.7 Å². The molecule has 4 rings (SSSR count). The Morgan fingerprint density at radius 1 is 1.32 bits per heavy atom. The number of allylic oxidation sites excluding steroid dienone is 1. The summed E-state index contributed by atoms with van der Waals surface area (Å²) in [7, 11) is 3.32. The van der Waals surface area contributed by atoms with Gasteiger partial charge >= 0.3 is 0 Å². The van der Waals surface area contributed by atoms with Crippen molar-refractivity contribution in [3.8, 4) is 0 Å². The SMILES string of the molecule is CN=C(N)/C(C=O)=C(\N)C1CC2CC(O)(CSCCN3CCOCC3)CC2C1.CNc1ccc(F)c(Cl)c1. The molecule has 3 aliphatic rings. The molecule has 0 radical (unpaired) electrons. The number of halogens is 2. The summed E-state index contributed by atoms with van der Waals surface area (Å²) < 4.78 is 17.9. The Labute approximate surface area is 234 Å². The molecule has 11 heteroatoms. The molecule has 1 saturated heterocycles. The second kappa shape index (κ2) is 14.5. The predicted molar refractivity (Wildman–Crippen MR) is 154 cm³/mol. The van der Waals surface area contributed by atoms with E-state index in [1.165, 1.54) is 12.1 Å². The molecule has 2 unspecified atom stereocenters. The fourth-order valence-electron chi connectivity index (χ4n) is 5.69. The van der Waals surface area contributed by atoms with Crippen molar-refractivity contribution in [2.24, 2.45) is 34.2 Å². The summed E-state index contributed by atoms with van der Waals surface area (Å²) in [6, 6.07) is 4.49. The summed E-state index contributed by atoms with van der Waals surface area (Å²) in [4.78, 5) is 17.7. The maximum atomic E-state index is 12.5. The minimum atomic E-state index is -0.564. The van der Waals surface area contributed by atoms with Crippen molar-refractivity contribution in [1.82, 2.24) is 4.90 Å². The van der Waals surface area contributed by atoms with Gasteiger partial charge in [-0.1, -0.05) is 11.6 Å². The van der Waals surface area contributed by atoms with Gasteiger partial charge in [0.25, 0.3) is 0 Å². The summed E-state index contributed by atoms with van der Waals surface area (Å²) >= 11 is 7.34. The van der Waals surface area contributed by atoms with Crippen LogP contribution in [0.25, 0.3) is 0 Å². The van der Waals surface area contributed by atoms with E-state index in [0.29, 0.717) is 29.4 Å². The van der Waals surface area contributed by atoms with E-state index in [1.54, 1.807) is 20.2 Å². The number of hydrogen-bond donors (Lipinski definition) is 4. The van der Waals surface area contributed by atoms with Crippen LogP contribution >= 0.6 is 23.4 Å². The number of carbonyl (C=O) groups is 1. The second-order valence-electron chi connectivity index (χ2n) is 10.3. The summed E-state index contributed by atoms with van der Waals surface area (Å²) in [6.45, 7) is 4.76. The lowest BCUT2D eigenvalue weighted by molar-refractivity contribution is -0.104. The molecule has 2 saturated carbocycles. The van der Waals surface area contributed by atoms with E-state index in [2.05, 4.69) is 15.2 Å². The topological polar surface area (TPSA) is 126 Å². The summed E-state index contributed by atoms with van der Waals surface area (Å²) in [5.74, 6) is 2.78. The van der Waals surface area contributed by atoms with Gasteiger partial charge in [0.05, 0.1) is 29.4 Å². The highest BCUT2D eigenvalue weighted by Crippen LogP contribution is 2.52. The normalized spacial score (nSPS) is 28.2. The van der Waals surface area contributed by atoms with E-state index in [-0.39, 0.29) is 22.6 Å². The highest BCUT2D eigenvalue weighted by molar-refractivity contribution is 7.99. The first-order chi connectivity index (χ1) is 18.2. The number of aldehydes is 1. The number of ether oxygens (including phenoxy) is 1. The van der Waals surface area contributed by atoms with Crippen molar-refractivity contribution < 1.29 is 19.0 Å². The van der Waals surface area contributed by atoms with Gasteiger partial charge in [-0.25, -0.2) is 4.39 Å². The lowest BCUT2D eigenvalue weighted by Gasteiger charge is -2.28. The molecule has 1 aromatic carbocycles. The number of nitrogens with two attached hydrogens (primary N) is 2. The Hall–Kier alpha value is -1.85. The molecular formula is C27H41ClFN5O3S. The van der Waals surface area contributed by atoms with Crippen LogP contribution in [0.3, 0.4) is 0 Å². The summed E-state index contributed by atoms with van der Waals surface area (Å²) in [5, 5.41) is 14.0. The van der Waals surface area contributed by atoms with Gasteiger partial charge in [0.15, 0.2) is 6.29 Å². The van der Waals surface area contributed by atoms with E-state index < -0.39 is 5.60 Å². The van der Waals surface area contributed by atoms with Crippen LogP contribution in [-0.4, -0.2) is 86.2 Å². The third-order valence-electron chi connectivity index (χ3n) is 7.75. The summed E-state index contributed by atoms with van der Waals surface area (Å²) in [5.41, 5.74) is 13.2. The number of aliphatic hydroxyl groups is 1. The molecule has 2 atom stereocenters. The number of thioether (sulfide) groups is 1. The lowest BCUT2D eigenvalue weighted by atomic mass is 9.92. The van der Waals surface area contributed by atoms with Crippen LogP contribution < -0.4 is 16.8 Å². The van der Waals surface area contributed by atoms with Gasteiger partial charge < -0.3 is 26.6 Å². The van der Waals surface area contributed by atoms with Gasteiger partial charge in [0, 0.05) is 56.6 Å². The number of benzene rings is 1. The quantitative estimate of drug-likeness (QED) is 0.117. The summed E-state index contributed by atoms with van der Waals surface area (Å²) in [6.07, 6.45) is 4.23. The van der Waals surface area contributed by atoms with E-state index >= 15 is 0 Å². The number of nitrogens with one attached hydrogen (secondary N) is 1. The second-order valence-corrected chi connectivity index (χ2v) is 11.8. The van der Waals surface area contributed by atoms with Crippen molar-refractivity contribution in [1.29, 1.82) is 0 Å². The number of aliphatic imine (C=N–C) groups is 1. The van der Waals surface area contributed by atoms with Gasteiger partial charge in [-0.2, -0.15) is 11.8 Å². The first-order valence-electron chi connectivity index (χ1n) is 13.1. The molecule has 1 aliphatic heterocycles. The number of nitrogens with zero attached hydrogens (tertiary/aromatic N) is 2. The molecule has 212 valence electrons. The Bertz CT molecular complexity index is 991. The maximum absolute atomic E-state index is 12.5. The van der Waals surface area contributed by atoms with Gasteiger partial charge in [-0.05, 0) is 61.6 Å². The smallest absolute Gasteiger partial charge is 0.155 e. The number of morpholine rings is 1. The van der Waals surface area contributed by atoms with Crippen LogP contribution in [0.1, 0.15) is 25.7 Å². The average molecular weight is 570 g/mol. The first-order valence-corrected chi connectivity index (χ1v) is 14.6. The molecule has 0 spiro atoms. The predicted octanol–water partition coefficient (Wildman–Crippen LogP) is 3.14. The first kappa shape index (κ1) is 30.7. The number of anilines is 1. The van der Waals surface area contributed by atoms with Gasteiger partial charge in [-0.3, -0.25) is 14.7 Å². The largest absolute Gasteiger partial charge is 0.401 e. The van der Waals surface area contributed by atoms with Crippen molar-refractivity contribution in [3.63, 3.8) is 0 Å². The van der Waals surface area contributed by atoms with Crippen molar-refractivity contribution in [2.75, 3.05) is 63.8 Å². The molecule has 38 heavy (non-hydrogen) atoms. The standard InChI is InChI=1S/C20H34N4O3S.C7H7ClFN/c1-23-19(22)17(12-25)18(21)14-8-15-10-20(26,11-16(15)9-14)13-28-7-4-24-2-5-27-6-3-24;1-10-5-2-3-7(9)6(8)4-5/h12,14-16,26H,2-11,13,21H2,1H3,(H2,22,23);2-4,10H,1H3/b18-17-;. The van der Waals surface area contributed by atoms with Gasteiger partial charge in [0.2, 0.25) is 0 Å². The number of hydrogen-bond acceptors (Lipinski definition) is 8. The Balaban J connectivity index is 0.000000336. The van der Waals surface area contributed by atoms with Crippen LogP contribution in [0, 0.1) is 23.6 Å². The molecule has 0 bridgehead atoms. The van der Waals surface area contributed by atoms with E-state index in [0.717, 1.165) is 75.7 Å². The molecule has 8 nitrogen and oxygen atoms in total. The molecule has 1 aromatic rings. The van der Waals surface area contributed by atoms with Crippen LogP contribution in [-0.2, 0) is 9.53 Å². The molecular weight excluding hydrogens is 529 g/mol. The Kier molecular flexibility index (Phi) is 11.7. The van der Waals surface area contributed by atoms with Crippen molar-refractivity contribution in [2.45, 2.75) is 31.3 Å². The molecule has 0 aromatic heterocycles. The molecule has 6 N–H and O–H groups in total. The zero-order valence-corrected chi connectivity index (χ0v) is 23.9. The maximum Gasteiger partial charge on any atom is 0.155 e. The fraction of sp³-hybridized carbons (Fsp3) is 0.630. The number of amidine groups is 1. The average Bonchev–Trinajstić information content (AvgIpc) is 3.44. The lowest BCUT2D eigenvalue weighted by Crippen LogP contribution is -2.38. The van der Waals surface area contributed by atoms with E-state index in [4.69, 9.17) is 27.8 Å². The van der Waals surface area contributed by atoms with Crippen molar-refractivity contribution in [3.05, 3.63) is 40.3 Å². The fourth-order valence-corrected chi connectivity index (χ4v) is 7.02. The Morgan fingerprint density at radius 2 is 1.97 bits per heavy atom. The zero-order valence-electron chi connectivity index (χ0n) is 22.3. The van der Waals surface area contributed by atoms with Crippen LogP contribution in [0.5, 0.6) is 0 Å². The van der Waals surface area contributed by atoms with Crippen molar-refractivity contribution >= 4 is 41.2 Å². The minimum Gasteiger partial charge on any atom is -0.401 e. The molecule has 1 heterocycles. The molecule has 0 amide bonds. The number of fused-ring (bicyclic) bond motifs is 1. The van der Waals surface area contributed by atoms with Crippen LogP contribution in [0.4, 0.5) is 10.1 Å². The Morgan fingerprint density at radius 3 is 2.53 bits per heavy atom. The van der Waals surface area contributed by atoms with Gasteiger partial charge in [-0.15, -0.1) is 0 Å². The third kappa shape index (κ3) is 8.32. The highest BCUT2D eigenvalue weighted by atomic mass is 35.5.